The van der Waals surface area contributed by atoms with Gasteiger partial charge in [-0.1, -0.05) is 25.1 Å². The van der Waals surface area contributed by atoms with Crippen LogP contribution in [0.15, 0.2) is 59.7 Å². The number of anilines is 1. The van der Waals surface area contributed by atoms with Gasteiger partial charge in [-0.2, -0.15) is 5.10 Å². The van der Waals surface area contributed by atoms with E-state index in [9.17, 15) is 9.59 Å². The molecule has 0 saturated carbocycles. The lowest BCUT2D eigenvalue weighted by atomic mass is 10.1. The fraction of sp³-hybridized carbons (Fsp3) is 0.286. The lowest BCUT2D eigenvalue weighted by molar-refractivity contribution is -0.126. The maximum absolute atomic E-state index is 12.3. The van der Waals surface area contributed by atoms with Gasteiger partial charge in [-0.15, -0.1) is 0 Å². The number of para-hydroxylation sites is 1. The number of hydrogen-bond acceptors (Lipinski definition) is 4. The first-order chi connectivity index (χ1) is 13.2. The monoisotopic (exact) mass is 365 g/mol. The van der Waals surface area contributed by atoms with Crippen molar-refractivity contribution in [3.8, 4) is 5.75 Å². The van der Waals surface area contributed by atoms with E-state index in [0.717, 1.165) is 23.4 Å². The summed E-state index contributed by atoms with van der Waals surface area (Å²) in [7, 11) is 0. The van der Waals surface area contributed by atoms with Gasteiger partial charge in [0.2, 0.25) is 11.8 Å². The number of hydrogen-bond donors (Lipinski definition) is 1. The summed E-state index contributed by atoms with van der Waals surface area (Å²) in [6.07, 6.45) is 2.73. The molecule has 1 aliphatic rings. The fourth-order valence-electron chi connectivity index (χ4n) is 2.87. The van der Waals surface area contributed by atoms with Crippen molar-refractivity contribution in [3.05, 3.63) is 60.2 Å². The molecule has 140 valence electrons. The Bertz CT molecular complexity index is 803. The Labute approximate surface area is 158 Å². The van der Waals surface area contributed by atoms with Crippen LogP contribution in [-0.4, -0.2) is 31.2 Å². The van der Waals surface area contributed by atoms with E-state index in [4.69, 9.17) is 4.74 Å². The van der Waals surface area contributed by atoms with Gasteiger partial charge in [0.15, 0.2) is 0 Å². The first-order valence-electron chi connectivity index (χ1n) is 9.08. The number of hydrazone groups is 1. The fourth-order valence-corrected chi connectivity index (χ4v) is 2.87. The van der Waals surface area contributed by atoms with Gasteiger partial charge in [-0.25, -0.2) is 5.43 Å². The Hall–Kier alpha value is -3.15. The van der Waals surface area contributed by atoms with Crippen LogP contribution in [0.5, 0.6) is 5.75 Å². The molecule has 6 nitrogen and oxygen atoms in total. The molecule has 0 aromatic heterocycles. The molecule has 0 radical (unpaired) electrons. The lowest BCUT2D eigenvalue weighted by Crippen LogP contribution is -2.30. The zero-order valence-electron chi connectivity index (χ0n) is 15.3. The molecular weight excluding hydrogens is 342 g/mol. The molecule has 1 fully saturated rings. The first kappa shape index (κ1) is 18.6. The summed E-state index contributed by atoms with van der Waals surface area (Å²) in [6.45, 7) is 3.11. The minimum absolute atomic E-state index is 0.0482. The minimum Gasteiger partial charge on any atom is -0.494 e. The van der Waals surface area contributed by atoms with Crippen LogP contribution in [0.3, 0.4) is 0 Å². The largest absolute Gasteiger partial charge is 0.494 e. The second-order valence-corrected chi connectivity index (χ2v) is 6.39. The highest BCUT2D eigenvalue weighted by Crippen LogP contribution is 2.24. The topological polar surface area (TPSA) is 71.0 Å². The number of carbonyl (C=O) groups is 2. The Balaban J connectivity index is 1.52. The molecule has 0 aliphatic carbocycles. The molecule has 6 heteroatoms. The van der Waals surface area contributed by atoms with Gasteiger partial charge in [0, 0.05) is 18.7 Å². The maximum Gasteiger partial charge on any atom is 0.245 e. The predicted molar refractivity (Wildman–Crippen MR) is 105 cm³/mol. The number of rotatable bonds is 7. The summed E-state index contributed by atoms with van der Waals surface area (Å²) in [4.78, 5) is 26.1. The van der Waals surface area contributed by atoms with Crippen LogP contribution in [0.25, 0.3) is 0 Å². The van der Waals surface area contributed by atoms with Crippen molar-refractivity contribution in [2.24, 2.45) is 11.0 Å². The standard InChI is InChI=1S/C21H23N3O3/c1-2-12-27-19-10-8-16(9-11-19)14-22-23-21(26)17-13-20(25)24(15-17)18-6-4-3-5-7-18/h3-11,14,17H,2,12-13,15H2,1H3,(H,23,26)/b22-14-/t17-/m1/s1. The third kappa shape index (κ3) is 4.94. The molecule has 1 N–H and O–H groups in total. The van der Waals surface area contributed by atoms with Gasteiger partial charge in [0.1, 0.15) is 5.75 Å². The molecule has 1 heterocycles. The molecule has 0 spiro atoms. The first-order valence-corrected chi connectivity index (χ1v) is 9.08. The molecule has 0 unspecified atom stereocenters. The number of benzene rings is 2. The van der Waals surface area contributed by atoms with Gasteiger partial charge in [-0.05, 0) is 48.4 Å². The van der Waals surface area contributed by atoms with Crippen molar-refractivity contribution in [2.45, 2.75) is 19.8 Å². The number of amides is 2. The normalized spacial score (nSPS) is 16.7. The quantitative estimate of drug-likeness (QED) is 0.606. The van der Waals surface area contributed by atoms with Crippen LogP contribution in [0.2, 0.25) is 0 Å². The Morgan fingerprint density at radius 2 is 1.96 bits per heavy atom. The molecule has 2 aromatic rings. The molecule has 1 saturated heterocycles. The summed E-state index contributed by atoms with van der Waals surface area (Å²) in [6, 6.07) is 16.9. The van der Waals surface area contributed by atoms with Crippen molar-refractivity contribution in [1.29, 1.82) is 0 Å². The highest BCUT2D eigenvalue weighted by atomic mass is 16.5. The Morgan fingerprint density at radius 3 is 2.67 bits per heavy atom. The number of nitrogens with one attached hydrogen (secondary N) is 1. The van der Waals surface area contributed by atoms with Crippen LogP contribution in [0, 0.1) is 5.92 Å². The summed E-state index contributed by atoms with van der Waals surface area (Å²) < 4.78 is 5.53. The van der Waals surface area contributed by atoms with Crippen LogP contribution in [0.1, 0.15) is 25.3 Å². The molecule has 1 atom stereocenters. The van der Waals surface area contributed by atoms with Crippen molar-refractivity contribution < 1.29 is 14.3 Å². The molecular formula is C21H23N3O3. The smallest absolute Gasteiger partial charge is 0.245 e. The van der Waals surface area contributed by atoms with E-state index in [1.807, 2.05) is 54.6 Å². The van der Waals surface area contributed by atoms with E-state index in [0.29, 0.717) is 13.2 Å². The average Bonchev–Trinajstić information content (AvgIpc) is 3.10. The minimum atomic E-state index is -0.403. The van der Waals surface area contributed by atoms with Gasteiger partial charge in [0.05, 0.1) is 18.7 Å². The maximum atomic E-state index is 12.3. The Morgan fingerprint density at radius 1 is 1.22 bits per heavy atom. The summed E-state index contributed by atoms with van der Waals surface area (Å²) >= 11 is 0. The molecule has 3 rings (SSSR count). The zero-order valence-corrected chi connectivity index (χ0v) is 15.3. The van der Waals surface area contributed by atoms with E-state index >= 15 is 0 Å². The molecule has 1 aliphatic heterocycles. The molecule has 2 amide bonds. The van der Waals surface area contributed by atoms with Crippen molar-refractivity contribution in [2.75, 3.05) is 18.1 Å². The third-order valence-electron chi connectivity index (χ3n) is 4.31. The molecule has 2 aromatic carbocycles. The number of nitrogens with zero attached hydrogens (tertiary/aromatic N) is 2. The number of ether oxygens (including phenoxy) is 1. The summed E-state index contributed by atoms with van der Waals surface area (Å²) in [5.41, 5.74) is 4.20. The van der Waals surface area contributed by atoms with Gasteiger partial charge in [0.25, 0.3) is 0 Å². The summed E-state index contributed by atoms with van der Waals surface area (Å²) in [5.74, 6) is 0.108. The highest BCUT2D eigenvalue weighted by Gasteiger charge is 2.34. The second-order valence-electron chi connectivity index (χ2n) is 6.39. The van der Waals surface area contributed by atoms with E-state index in [-0.39, 0.29) is 18.2 Å². The van der Waals surface area contributed by atoms with Crippen LogP contribution >= 0.6 is 0 Å². The predicted octanol–water partition coefficient (Wildman–Crippen LogP) is 2.98. The van der Waals surface area contributed by atoms with Crippen LogP contribution in [0.4, 0.5) is 5.69 Å². The van der Waals surface area contributed by atoms with Crippen LogP contribution < -0.4 is 15.1 Å². The number of carbonyl (C=O) groups excluding carboxylic acids is 2. The third-order valence-corrected chi connectivity index (χ3v) is 4.31. The van der Waals surface area contributed by atoms with E-state index in [1.165, 1.54) is 0 Å². The zero-order chi connectivity index (χ0) is 19.1. The highest BCUT2D eigenvalue weighted by molar-refractivity contribution is 6.00. The lowest BCUT2D eigenvalue weighted by Gasteiger charge is -2.16. The van der Waals surface area contributed by atoms with E-state index in [1.54, 1.807) is 11.1 Å². The van der Waals surface area contributed by atoms with Gasteiger partial charge in [-0.3, -0.25) is 9.59 Å². The van der Waals surface area contributed by atoms with Crippen molar-refractivity contribution in [3.63, 3.8) is 0 Å². The Kier molecular flexibility index (Phi) is 6.20. The van der Waals surface area contributed by atoms with Crippen molar-refractivity contribution in [1.82, 2.24) is 5.43 Å². The summed E-state index contributed by atoms with van der Waals surface area (Å²) in [5, 5.41) is 4.01. The van der Waals surface area contributed by atoms with Crippen molar-refractivity contribution >= 4 is 23.7 Å². The van der Waals surface area contributed by atoms with Gasteiger partial charge < -0.3 is 9.64 Å². The SMILES string of the molecule is CCCOc1ccc(/C=N\NC(=O)[C@@H]2CC(=O)N(c3ccccc3)C2)cc1. The molecule has 27 heavy (non-hydrogen) atoms. The average molecular weight is 365 g/mol. The van der Waals surface area contributed by atoms with E-state index < -0.39 is 5.92 Å². The van der Waals surface area contributed by atoms with Crippen LogP contribution in [-0.2, 0) is 9.59 Å². The second kappa shape index (κ2) is 8.98. The van der Waals surface area contributed by atoms with Gasteiger partial charge >= 0.3 is 0 Å². The molecule has 0 bridgehead atoms. The van der Waals surface area contributed by atoms with E-state index in [2.05, 4.69) is 17.5 Å².